The maximum absolute atomic E-state index is 5.50. The second-order valence-corrected chi connectivity index (χ2v) is 16.4. The van der Waals surface area contributed by atoms with E-state index in [1.807, 2.05) is 12.1 Å². The highest BCUT2D eigenvalue weighted by atomic mass is 15.1. The molecule has 0 bridgehead atoms. The fraction of sp³-hybridized carbons (Fsp3) is 0.0893. The molecule has 0 fully saturated rings. The van der Waals surface area contributed by atoms with E-state index in [1.54, 1.807) is 0 Å². The zero-order valence-electron chi connectivity index (χ0n) is 33.8. The molecule has 5 nitrogen and oxygen atoms in total. The number of nitrogens with zero attached hydrogens (tertiary/aromatic N) is 5. The summed E-state index contributed by atoms with van der Waals surface area (Å²) in [4.78, 5) is 15.8. The molecule has 10 aromatic rings. The molecule has 0 N–H and O–H groups in total. The summed E-state index contributed by atoms with van der Waals surface area (Å²) in [6.45, 7) is 2.30. The van der Waals surface area contributed by atoms with E-state index in [0.29, 0.717) is 11.7 Å². The molecule has 290 valence electrons. The van der Waals surface area contributed by atoms with Crippen LogP contribution in [-0.4, -0.2) is 24.1 Å². The summed E-state index contributed by atoms with van der Waals surface area (Å²) in [5.41, 5.74) is 16.9. The van der Waals surface area contributed by atoms with Gasteiger partial charge < -0.3 is 4.57 Å². The van der Waals surface area contributed by atoms with E-state index >= 15 is 0 Å². The lowest BCUT2D eigenvalue weighted by Gasteiger charge is -2.19. The van der Waals surface area contributed by atoms with Crippen LogP contribution in [0.2, 0.25) is 0 Å². The van der Waals surface area contributed by atoms with Crippen LogP contribution in [0.4, 0.5) is 0 Å². The third-order valence-corrected chi connectivity index (χ3v) is 12.6. The smallest absolute Gasteiger partial charge is 0.160 e. The SMILES string of the molecule is CC1C=Cc2c(n(-c3cc(-c4ccc(-c5nc(-c6ccccc6)cc(-c6ccccc6)n5)cc4)c4cc(-n5c6c(c7ccccc75)C=CCC6)ccc4n3)c3ccccc23)C1. The minimum atomic E-state index is 0.438. The Bertz CT molecular complexity index is 3330. The quantitative estimate of drug-likeness (QED) is 0.169. The fourth-order valence-electron chi connectivity index (χ4n) is 9.65. The highest BCUT2D eigenvalue weighted by Crippen LogP contribution is 2.40. The second kappa shape index (κ2) is 14.3. The molecule has 2 aliphatic carbocycles. The van der Waals surface area contributed by atoms with Gasteiger partial charge in [0.15, 0.2) is 5.82 Å². The number of hydrogen-bond donors (Lipinski definition) is 0. The van der Waals surface area contributed by atoms with Crippen LogP contribution in [0.15, 0.2) is 176 Å². The summed E-state index contributed by atoms with van der Waals surface area (Å²) < 4.78 is 4.88. The summed E-state index contributed by atoms with van der Waals surface area (Å²) >= 11 is 0. The van der Waals surface area contributed by atoms with Gasteiger partial charge in [-0.1, -0.05) is 153 Å². The van der Waals surface area contributed by atoms with Gasteiger partial charge in [0.1, 0.15) is 5.82 Å². The Morgan fingerprint density at radius 1 is 0.508 bits per heavy atom. The molecule has 0 radical (unpaired) electrons. The van der Waals surface area contributed by atoms with Crippen molar-refractivity contribution in [2.24, 2.45) is 5.92 Å². The fourth-order valence-corrected chi connectivity index (χ4v) is 9.65. The van der Waals surface area contributed by atoms with Gasteiger partial charge in [-0.3, -0.25) is 4.57 Å². The van der Waals surface area contributed by atoms with Crippen LogP contribution in [0.3, 0.4) is 0 Å². The molecule has 0 amide bonds. The van der Waals surface area contributed by atoms with Gasteiger partial charge in [0.05, 0.1) is 27.9 Å². The zero-order chi connectivity index (χ0) is 40.4. The number of hydrogen-bond acceptors (Lipinski definition) is 3. The molecule has 4 aromatic heterocycles. The standard InChI is InChI=1S/C56H41N5/c1-36-24-30-45-44-20-10-13-23-53(44)61(54(45)32-36)55-34-46(47-33-41(29-31-48(47)57-55)60-51-21-11-8-18-42(51)43-19-9-12-22-52(43)60)37-25-27-40(28-26-37)56-58-49(38-14-4-2-5-15-38)35-50(59-56)39-16-6-3-7-17-39/h2-11,13-21,23-31,33-36H,12,22,32H2,1H3. The zero-order valence-corrected chi connectivity index (χ0v) is 33.8. The first-order valence-electron chi connectivity index (χ1n) is 21.3. The third kappa shape index (κ3) is 5.96. The Morgan fingerprint density at radius 3 is 1.84 bits per heavy atom. The molecule has 12 rings (SSSR count). The van der Waals surface area contributed by atoms with E-state index in [1.165, 1.54) is 44.3 Å². The normalized spacial score (nSPS) is 14.5. The average molecular weight is 784 g/mol. The topological polar surface area (TPSA) is 48.5 Å². The Morgan fingerprint density at radius 2 is 1.13 bits per heavy atom. The first-order chi connectivity index (χ1) is 30.1. The second-order valence-electron chi connectivity index (χ2n) is 16.4. The number of aromatic nitrogens is 5. The summed E-state index contributed by atoms with van der Waals surface area (Å²) in [5.74, 6) is 2.06. The summed E-state index contributed by atoms with van der Waals surface area (Å²) in [7, 11) is 0. The van der Waals surface area contributed by atoms with Crippen molar-refractivity contribution in [2.45, 2.75) is 26.2 Å². The largest absolute Gasteiger partial charge is 0.313 e. The van der Waals surface area contributed by atoms with Gasteiger partial charge in [-0.25, -0.2) is 15.0 Å². The number of pyridine rings is 1. The van der Waals surface area contributed by atoms with Crippen molar-refractivity contribution in [3.05, 3.63) is 198 Å². The van der Waals surface area contributed by atoms with E-state index in [4.69, 9.17) is 15.0 Å². The molecule has 0 saturated heterocycles. The van der Waals surface area contributed by atoms with Gasteiger partial charge in [-0.15, -0.1) is 0 Å². The van der Waals surface area contributed by atoms with Crippen LogP contribution in [0.5, 0.6) is 0 Å². The Balaban J connectivity index is 1.06. The summed E-state index contributed by atoms with van der Waals surface area (Å²) in [6.07, 6.45) is 12.2. The molecular weight excluding hydrogens is 743 g/mol. The molecule has 0 spiro atoms. The van der Waals surface area contributed by atoms with Crippen LogP contribution in [-0.2, 0) is 12.8 Å². The van der Waals surface area contributed by atoms with E-state index in [9.17, 15) is 0 Å². The van der Waals surface area contributed by atoms with Gasteiger partial charge >= 0.3 is 0 Å². The molecule has 4 heterocycles. The van der Waals surface area contributed by atoms with Crippen molar-refractivity contribution in [1.82, 2.24) is 24.1 Å². The third-order valence-electron chi connectivity index (χ3n) is 12.6. The van der Waals surface area contributed by atoms with Gasteiger partial charge in [0, 0.05) is 61.1 Å². The van der Waals surface area contributed by atoms with E-state index in [0.717, 1.165) is 80.9 Å². The van der Waals surface area contributed by atoms with Crippen LogP contribution < -0.4 is 0 Å². The number of rotatable bonds is 6. The molecule has 0 saturated carbocycles. The van der Waals surface area contributed by atoms with Crippen LogP contribution >= 0.6 is 0 Å². The van der Waals surface area contributed by atoms with E-state index < -0.39 is 0 Å². The minimum absolute atomic E-state index is 0.438. The van der Waals surface area contributed by atoms with Crippen molar-refractivity contribution >= 4 is 44.9 Å². The van der Waals surface area contributed by atoms with Gasteiger partial charge in [0.25, 0.3) is 0 Å². The predicted octanol–water partition coefficient (Wildman–Crippen LogP) is 13.7. The van der Waals surface area contributed by atoms with Gasteiger partial charge in [0.2, 0.25) is 0 Å². The predicted molar refractivity (Wildman–Crippen MR) is 252 cm³/mol. The summed E-state index contributed by atoms with van der Waals surface area (Å²) in [6, 6.07) is 58.3. The highest BCUT2D eigenvalue weighted by Gasteiger charge is 2.24. The molecule has 2 aliphatic rings. The maximum Gasteiger partial charge on any atom is 0.160 e. The van der Waals surface area contributed by atoms with E-state index in [2.05, 4.69) is 192 Å². The maximum atomic E-state index is 5.50. The molecular formula is C56H41N5. The lowest BCUT2D eigenvalue weighted by atomic mass is 9.95. The first kappa shape index (κ1) is 35.3. The Hall–Kier alpha value is -7.63. The molecule has 61 heavy (non-hydrogen) atoms. The number of allylic oxidation sites excluding steroid dienone is 2. The number of benzene rings is 6. The van der Waals surface area contributed by atoms with Crippen molar-refractivity contribution in [2.75, 3.05) is 0 Å². The van der Waals surface area contributed by atoms with Crippen molar-refractivity contribution in [3.63, 3.8) is 0 Å². The molecule has 1 unspecified atom stereocenters. The summed E-state index contributed by atoms with van der Waals surface area (Å²) in [5, 5.41) is 3.66. The average Bonchev–Trinajstić information content (AvgIpc) is 3.84. The lowest BCUT2D eigenvalue weighted by Crippen LogP contribution is -2.10. The van der Waals surface area contributed by atoms with Crippen LogP contribution in [0, 0.1) is 5.92 Å². The van der Waals surface area contributed by atoms with Crippen molar-refractivity contribution in [3.8, 4) is 56.5 Å². The Labute approximate surface area is 354 Å². The molecule has 5 heteroatoms. The van der Waals surface area contributed by atoms with Crippen molar-refractivity contribution in [1.29, 1.82) is 0 Å². The first-order valence-corrected chi connectivity index (χ1v) is 21.3. The lowest BCUT2D eigenvalue weighted by molar-refractivity contribution is 0.688. The molecule has 0 aliphatic heterocycles. The monoisotopic (exact) mass is 783 g/mol. The minimum Gasteiger partial charge on any atom is -0.313 e. The number of para-hydroxylation sites is 2. The van der Waals surface area contributed by atoms with E-state index in [-0.39, 0.29) is 0 Å². The number of fused-ring (bicyclic) bond motifs is 7. The van der Waals surface area contributed by atoms with Gasteiger partial charge in [-0.05, 0) is 78.8 Å². The van der Waals surface area contributed by atoms with Gasteiger partial charge in [-0.2, -0.15) is 0 Å². The Kier molecular flexibility index (Phi) is 8.27. The van der Waals surface area contributed by atoms with Crippen molar-refractivity contribution < 1.29 is 0 Å². The molecule has 1 atom stereocenters. The van der Waals surface area contributed by atoms with Crippen LogP contribution in [0.1, 0.15) is 35.9 Å². The molecule has 6 aromatic carbocycles. The van der Waals surface area contributed by atoms with Crippen LogP contribution in [0.25, 0.3) is 101 Å². The highest BCUT2D eigenvalue weighted by molar-refractivity contribution is 6.00.